The molecule has 1 aromatic rings. The van der Waals surface area contributed by atoms with Gasteiger partial charge in [-0.2, -0.15) is 0 Å². The number of rotatable bonds is 8. The minimum atomic E-state index is -3.65. The smallest absolute Gasteiger partial charge is 0.251 e. The van der Waals surface area contributed by atoms with Crippen molar-refractivity contribution >= 4 is 15.9 Å². The van der Waals surface area contributed by atoms with Crippen molar-refractivity contribution in [2.75, 3.05) is 26.8 Å². The van der Waals surface area contributed by atoms with Gasteiger partial charge in [0, 0.05) is 25.8 Å². The molecular weight excluding hydrogens is 340 g/mol. The van der Waals surface area contributed by atoms with Crippen molar-refractivity contribution in [2.45, 2.75) is 43.9 Å². The van der Waals surface area contributed by atoms with Crippen molar-refractivity contribution in [3.05, 3.63) is 29.3 Å². The van der Waals surface area contributed by atoms with Gasteiger partial charge in [0.1, 0.15) is 0 Å². The van der Waals surface area contributed by atoms with Gasteiger partial charge < -0.3 is 10.1 Å². The number of carbonyl (C=O) groups excluding carboxylic acids is 1. The van der Waals surface area contributed by atoms with Crippen LogP contribution in [0.25, 0.3) is 0 Å². The molecule has 0 atom stereocenters. The Hall–Kier alpha value is -1.44. The fourth-order valence-corrected chi connectivity index (χ4v) is 4.14. The Kier molecular flexibility index (Phi) is 7.40. The number of hydrogen-bond donors (Lipinski definition) is 2. The highest BCUT2D eigenvalue weighted by molar-refractivity contribution is 7.89. The van der Waals surface area contributed by atoms with Gasteiger partial charge in [0.2, 0.25) is 10.0 Å². The molecule has 0 aromatic heterocycles. The Labute approximate surface area is 150 Å². The van der Waals surface area contributed by atoms with E-state index >= 15 is 0 Å². The maximum atomic E-state index is 12.5. The monoisotopic (exact) mass is 368 g/mol. The van der Waals surface area contributed by atoms with Crippen LogP contribution in [0.4, 0.5) is 0 Å². The number of aryl methyl sites for hydroxylation is 1. The SMILES string of the molecule is COCCNS(=O)(=O)c1ccc(C)c(C(=O)NCC2CCCCC2)c1. The van der Waals surface area contributed by atoms with Gasteiger partial charge in [-0.3, -0.25) is 4.79 Å². The first-order valence-electron chi connectivity index (χ1n) is 8.81. The lowest BCUT2D eigenvalue weighted by Gasteiger charge is -2.22. The molecule has 0 aliphatic heterocycles. The van der Waals surface area contributed by atoms with Crippen LogP contribution in [0.15, 0.2) is 23.1 Å². The molecule has 1 saturated carbocycles. The first-order valence-corrected chi connectivity index (χ1v) is 10.3. The van der Waals surface area contributed by atoms with Crippen LogP contribution in [0, 0.1) is 12.8 Å². The first kappa shape index (κ1) is 19.9. The molecule has 2 rings (SSSR count). The van der Waals surface area contributed by atoms with Crippen LogP contribution < -0.4 is 10.0 Å². The highest BCUT2D eigenvalue weighted by atomic mass is 32.2. The first-order chi connectivity index (χ1) is 11.9. The molecule has 1 amide bonds. The molecule has 1 aromatic carbocycles. The normalized spacial score (nSPS) is 15.9. The van der Waals surface area contributed by atoms with Crippen LogP contribution >= 0.6 is 0 Å². The highest BCUT2D eigenvalue weighted by Crippen LogP contribution is 2.23. The maximum Gasteiger partial charge on any atom is 0.251 e. The van der Waals surface area contributed by atoms with Gasteiger partial charge in [0.25, 0.3) is 5.91 Å². The second kappa shape index (κ2) is 9.31. The van der Waals surface area contributed by atoms with E-state index in [1.807, 2.05) is 6.92 Å². The molecule has 1 fully saturated rings. The Morgan fingerprint density at radius 2 is 1.96 bits per heavy atom. The van der Waals surface area contributed by atoms with Crippen LogP contribution in [0.5, 0.6) is 0 Å². The van der Waals surface area contributed by atoms with E-state index in [4.69, 9.17) is 4.74 Å². The molecule has 0 unspecified atom stereocenters. The van der Waals surface area contributed by atoms with Crippen LogP contribution in [0.1, 0.15) is 48.0 Å². The topological polar surface area (TPSA) is 84.5 Å². The summed E-state index contributed by atoms with van der Waals surface area (Å²) >= 11 is 0. The summed E-state index contributed by atoms with van der Waals surface area (Å²) in [4.78, 5) is 12.6. The Bertz CT molecular complexity index is 682. The number of carbonyl (C=O) groups is 1. The van der Waals surface area contributed by atoms with Gasteiger partial charge in [-0.05, 0) is 43.4 Å². The number of sulfonamides is 1. The number of benzene rings is 1. The number of methoxy groups -OCH3 is 1. The summed E-state index contributed by atoms with van der Waals surface area (Å²) in [6.45, 7) is 2.95. The number of hydrogen-bond acceptors (Lipinski definition) is 4. The van der Waals surface area contributed by atoms with Gasteiger partial charge in [0.15, 0.2) is 0 Å². The van der Waals surface area contributed by atoms with E-state index in [-0.39, 0.29) is 17.3 Å². The largest absolute Gasteiger partial charge is 0.383 e. The van der Waals surface area contributed by atoms with Crippen molar-refractivity contribution in [1.82, 2.24) is 10.0 Å². The quantitative estimate of drug-likeness (QED) is 0.689. The molecule has 0 spiro atoms. The summed E-state index contributed by atoms with van der Waals surface area (Å²) in [5.41, 5.74) is 1.17. The lowest BCUT2D eigenvalue weighted by Crippen LogP contribution is -2.31. The van der Waals surface area contributed by atoms with Gasteiger partial charge in [0.05, 0.1) is 11.5 Å². The second-order valence-corrected chi connectivity index (χ2v) is 8.35. The molecule has 7 heteroatoms. The van der Waals surface area contributed by atoms with E-state index in [1.165, 1.54) is 38.5 Å². The van der Waals surface area contributed by atoms with E-state index in [0.29, 0.717) is 24.6 Å². The Morgan fingerprint density at radius 1 is 1.24 bits per heavy atom. The zero-order valence-corrected chi connectivity index (χ0v) is 15.8. The van der Waals surface area contributed by atoms with Crippen LogP contribution in [-0.2, 0) is 14.8 Å². The van der Waals surface area contributed by atoms with E-state index in [9.17, 15) is 13.2 Å². The molecule has 0 bridgehead atoms. The maximum absolute atomic E-state index is 12.5. The summed E-state index contributed by atoms with van der Waals surface area (Å²) in [5, 5.41) is 2.97. The van der Waals surface area contributed by atoms with Crippen LogP contribution in [0.3, 0.4) is 0 Å². The third-order valence-electron chi connectivity index (χ3n) is 4.64. The van der Waals surface area contributed by atoms with Crippen LogP contribution in [-0.4, -0.2) is 41.1 Å². The summed E-state index contributed by atoms with van der Waals surface area (Å²) in [6.07, 6.45) is 6.02. The fraction of sp³-hybridized carbons (Fsp3) is 0.611. The lowest BCUT2D eigenvalue weighted by atomic mass is 9.89. The molecule has 6 nitrogen and oxygen atoms in total. The fourth-order valence-electron chi connectivity index (χ4n) is 3.10. The standard InChI is InChI=1S/C18H28N2O4S/c1-14-8-9-16(25(22,23)20-10-11-24-2)12-17(14)18(21)19-13-15-6-4-3-5-7-15/h8-9,12,15,20H,3-7,10-11,13H2,1-2H3,(H,19,21). The van der Waals surface area contributed by atoms with E-state index < -0.39 is 10.0 Å². The summed E-state index contributed by atoms with van der Waals surface area (Å²) < 4.78 is 31.9. The van der Waals surface area contributed by atoms with Crippen LogP contribution in [0.2, 0.25) is 0 Å². The van der Waals surface area contributed by atoms with Crippen molar-refractivity contribution in [1.29, 1.82) is 0 Å². The van der Waals surface area contributed by atoms with Crippen molar-refractivity contribution in [3.63, 3.8) is 0 Å². The second-order valence-electron chi connectivity index (χ2n) is 6.58. The van der Waals surface area contributed by atoms with Crippen molar-refractivity contribution < 1.29 is 17.9 Å². The van der Waals surface area contributed by atoms with Gasteiger partial charge in [-0.25, -0.2) is 13.1 Å². The summed E-state index contributed by atoms with van der Waals surface area (Å²) in [5.74, 6) is 0.317. The molecule has 25 heavy (non-hydrogen) atoms. The average Bonchev–Trinajstić information content (AvgIpc) is 2.61. The Balaban J connectivity index is 2.05. The van der Waals surface area contributed by atoms with Gasteiger partial charge in [-0.15, -0.1) is 0 Å². The minimum absolute atomic E-state index is 0.0945. The highest BCUT2D eigenvalue weighted by Gasteiger charge is 2.19. The van der Waals surface area contributed by atoms with Crippen molar-refractivity contribution in [3.8, 4) is 0 Å². The minimum Gasteiger partial charge on any atom is -0.383 e. The Morgan fingerprint density at radius 3 is 2.64 bits per heavy atom. The number of nitrogens with one attached hydrogen (secondary N) is 2. The average molecular weight is 368 g/mol. The predicted molar refractivity (Wildman–Crippen MR) is 97.2 cm³/mol. The molecular formula is C18H28N2O4S. The third-order valence-corrected chi connectivity index (χ3v) is 6.10. The number of amides is 1. The van der Waals surface area contributed by atoms with E-state index in [2.05, 4.69) is 10.0 Å². The molecule has 1 aliphatic rings. The lowest BCUT2D eigenvalue weighted by molar-refractivity contribution is 0.0942. The van der Waals surface area contributed by atoms with Crippen molar-refractivity contribution in [2.24, 2.45) is 5.92 Å². The molecule has 2 N–H and O–H groups in total. The molecule has 0 radical (unpaired) electrons. The van der Waals surface area contributed by atoms with Gasteiger partial charge >= 0.3 is 0 Å². The summed E-state index contributed by atoms with van der Waals surface area (Å²) in [7, 11) is -2.14. The zero-order chi connectivity index (χ0) is 18.3. The molecule has 0 saturated heterocycles. The molecule has 0 heterocycles. The molecule has 1 aliphatic carbocycles. The third kappa shape index (κ3) is 5.80. The number of ether oxygens (including phenoxy) is 1. The van der Waals surface area contributed by atoms with E-state index in [1.54, 1.807) is 6.07 Å². The molecule has 140 valence electrons. The van der Waals surface area contributed by atoms with E-state index in [0.717, 1.165) is 18.4 Å². The summed E-state index contributed by atoms with van der Waals surface area (Å²) in [6, 6.07) is 4.63. The zero-order valence-electron chi connectivity index (χ0n) is 15.0. The van der Waals surface area contributed by atoms with Gasteiger partial charge in [-0.1, -0.05) is 25.3 Å². The predicted octanol–water partition coefficient (Wildman–Crippen LogP) is 2.23.